The largest absolute Gasteiger partial charge is 0.449 e. The average molecular weight is 688 g/mol. The molecule has 2 amide bonds. The van der Waals surface area contributed by atoms with Gasteiger partial charge in [-0.05, 0) is 36.8 Å². The molecule has 0 spiro atoms. The van der Waals surface area contributed by atoms with E-state index in [2.05, 4.69) is 77.8 Å². The van der Waals surface area contributed by atoms with Crippen molar-refractivity contribution in [2.45, 2.75) is 148 Å². The molecule has 278 valence electrons. The summed E-state index contributed by atoms with van der Waals surface area (Å²) in [6, 6.07) is 21.1. The first-order chi connectivity index (χ1) is 24.7. The van der Waals surface area contributed by atoms with E-state index in [0.717, 1.165) is 58.3 Å². The van der Waals surface area contributed by atoms with Crippen molar-refractivity contribution in [3.05, 3.63) is 83.9 Å². The first-order valence-electron chi connectivity index (χ1n) is 20.3. The molecular weight excluding hydrogens is 619 g/mol. The van der Waals surface area contributed by atoms with Crippen LogP contribution in [-0.4, -0.2) is 54.6 Å². The average Bonchev–Trinajstić information content (AvgIpc) is 3.15. The number of nitrogens with zero attached hydrogens (tertiary/aromatic N) is 2. The van der Waals surface area contributed by atoms with Gasteiger partial charge < -0.3 is 15.0 Å². The van der Waals surface area contributed by atoms with E-state index < -0.39 is 0 Å². The first-order valence-corrected chi connectivity index (χ1v) is 20.3. The quantitative estimate of drug-likeness (QED) is 0.0525. The van der Waals surface area contributed by atoms with Gasteiger partial charge in [-0.2, -0.15) is 0 Å². The highest BCUT2D eigenvalue weighted by atomic mass is 16.5. The summed E-state index contributed by atoms with van der Waals surface area (Å²) in [4.78, 5) is 29.2. The number of alkyl carbamates (subject to hydrolysis) is 1. The van der Waals surface area contributed by atoms with Crippen molar-refractivity contribution < 1.29 is 14.3 Å². The lowest BCUT2D eigenvalue weighted by Gasteiger charge is -2.35. The molecule has 3 rings (SSSR count). The lowest BCUT2D eigenvalue weighted by atomic mass is 9.88. The predicted molar refractivity (Wildman–Crippen MR) is 209 cm³/mol. The number of amides is 2. The van der Waals surface area contributed by atoms with Crippen molar-refractivity contribution in [3.63, 3.8) is 0 Å². The van der Waals surface area contributed by atoms with Gasteiger partial charge in [-0.3, -0.25) is 9.69 Å². The van der Waals surface area contributed by atoms with Gasteiger partial charge in [-0.25, -0.2) is 4.79 Å². The minimum Gasteiger partial charge on any atom is -0.449 e. The normalized spacial score (nSPS) is 15.6. The third-order valence-corrected chi connectivity index (χ3v) is 10.2. The van der Waals surface area contributed by atoms with E-state index in [1.54, 1.807) is 0 Å². The summed E-state index contributed by atoms with van der Waals surface area (Å²) in [5.41, 5.74) is 2.57. The second-order valence-corrected chi connectivity index (χ2v) is 14.5. The zero-order valence-corrected chi connectivity index (χ0v) is 31.5. The summed E-state index contributed by atoms with van der Waals surface area (Å²) in [6.45, 7) is 6.56. The molecule has 6 heteroatoms. The van der Waals surface area contributed by atoms with E-state index in [4.69, 9.17) is 4.74 Å². The summed E-state index contributed by atoms with van der Waals surface area (Å²) in [7, 11) is 0. The molecular formula is C44H69N3O3. The number of nitrogens with one attached hydrogen (secondary N) is 1. The Labute approximate surface area is 305 Å². The Balaban J connectivity index is 1.25. The number of ether oxygens (including phenoxy) is 1. The highest BCUT2D eigenvalue weighted by Gasteiger charge is 2.28. The highest BCUT2D eigenvalue weighted by molar-refractivity contribution is 5.67. The van der Waals surface area contributed by atoms with Crippen molar-refractivity contribution >= 4 is 12.5 Å². The molecule has 0 aromatic heterocycles. The molecule has 0 fully saturated rings. The van der Waals surface area contributed by atoms with Crippen LogP contribution >= 0.6 is 0 Å². The van der Waals surface area contributed by atoms with Gasteiger partial charge in [0.2, 0.25) is 6.41 Å². The molecule has 0 aliphatic heterocycles. The van der Waals surface area contributed by atoms with E-state index in [9.17, 15) is 9.59 Å². The Kier molecular flexibility index (Phi) is 22.8. The van der Waals surface area contributed by atoms with Crippen molar-refractivity contribution in [3.8, 4) is 0 Å². The van der Waals surface area contributed by atoms with E-state index in [-0.39, 0.29) is 18.1 Å². The maximum Gasteiger partial charge on any atom is 0.407 e. The molecule has 0 heterocycles. The molecule has 0 bridgehead atoms. The third-order valence-electron chi connectivity index (χ3n) is 10.2. The maximum atomic E-state index is 12.6. The van der Waals surface area contributed by atoms with Gasteiger partial charge in [0.15, 0.2) is 0 Å². The molecule has 6 nitrogen and oxygen atoms in total. The van der Waals surface area contributed by atoms with E-state index in [1.807, 2.05) is 17.0 Å². The second-order valence-electron chi connectivity index (χ2n) is 14.5. The minimum absolute atomic E-state index is 0.0890. The van der Waals surface area contributed by atoms with E-state index in [1.165, 1.54) is 107 Å². The fourth-order valence-corrected chi connectivity index (χ4v) is 7.20. The number of allylic oxidation sites excluding steroid dienone is 1. The molecule has 2 unspecified atom stereocenters. The van der Waals surface area contributed by atoms with Gasteiger partial charge in [-0.15, -0.1) is 0 Å². The van der Waals surface area contributed by atoms with Gasteiger partial charge in [-0.1, -0.05) is 176 Å². The van der Waals surface area contributed by atoms with Gasteiger partial charge in [0, 0.05) is 44.7 Å². The van der Waals surface area contributed by atoms with Crippen LogP contribution in [0.3, 0.4) is 0 Å². The van der Waals surface area contributed by atoms with Crippen LogP contribution in [0.4, 0.5) is 4.79 Å². The second kappa shape index (κ2) is 27.6. The molecule has 0 saturated heterocycles. The van der Waals surface area contributed by atoms with Gasteiger partial charge in [0.25, 0.3) is 0 Å². The van der Waals surface area contributed by atoms with Crippen LogP contribution in [0.1, 0.15) is 140 Å². The molecule has 1 N–H and O–H groups in total. The summed E-state index contributed by atoms with van der Waals surface area (Å²) in [6.07, 6.45) is 29.0. The lowest BCUT2D eigenvalue weighted by molar-refractivity contribution is -0.121. The summed E-state index contributed by atoms with van der Waals surface area (Å²) < 4.78 is 5.70. The standard InChI is InChI=1S/C44H69N3O3/c1-2-3-4-5-6-7-8-9-10-11-12-13-14-15-16-25-35-47(39-48)43-32-24-23-31-42(43)38-50-44(49)45-33-26-34-46(36-40-27-19-17-20-28-40)37-41-29-21-18-22-30-41/h17-24,27-30,39,42-43H,2-16,25-26,31-38H2,1H3,(H,45,49). The van der Waals surface area contributed by atoms with E-state index >= 15 is 0 Å². The number of hydrogen-bond donors (Lipinski definition) is 1. The fourth-order valence-electron chi connectivity index (χ4n) is 7.20. The SMILES string of the molecule is CCCCCCCCCCCCCCCCCCN(C=O)C1CC=CCC1COC(=O)NCCCN(Cc1ccccc1)Cc1ccccc1. The van der Waals surface area contributed by atoms with Gasteiger partial charge in [0.05, 0.1) is 6.61 Å². The maximum absolute atomic E-state index is 12.6. The highest BCUT2D eigenvalue weighted by Crippen LogP contribution is 2.25. The summed E-state index contributed by atoms with van der Waals surface area (Å²) >= 11 is 0. The molecule has 1 aliphatic carbocycles. The molecule has 2 aromatic carbocycles. The van der Waals surface area contributed by atoms with Crippen LogP contribution in [-0.2, 0) is 22.6 Å². The molecule has 0 radical (unpaired) electrons. The molecule has 50 heavy (non-hydrogen) atoms. The van der Waals surface area contributed by atoms with Crippen molar-refractivity contribution in [2.24, 2.45) is 5.92 Å². The van der Waals surface area contributed by atoms with Crippen LogP contribution in [0.5, 0.6) is 0 Å². The Hall–Kier alpha value is -3.12. The monoisotopic (exact) mass is 688 g/mol. The Bertz CT molecular complexity index is 1100. The minimum atomic E-state index is -0.369. The zero-order valence-electron chi connectivity index (χ0n) is 31.5. The van der Waals surface area contributed by atoms with E-state index in [0.29, 0.717) is 13.2 Å². The zero-order chi connectivity index (χ0) is 35.3. The van der Waals surface area contributed by atoms with Crippen LogP contribution in [0.2, 0.25) is 0 Å². The third kappa shape index (κ3) is 18.8. The number of hydrogen-bond acceptors (Lipinski definition) is 4. The molecule has 0 saturated carbocycles. The first kappa shape index (κ1) is 41.3. The smallest absolute Gasteiger partial charge is 0.407 e. The van der Waals surface area contributed by atoms with Crippen molar-refractivity contribution in [1.82, 2.24) is 15.1 Å². The topological polar surface area (TPSA) is 61.9 Å². The number of rotatable bonds is 29. The number of unbranched alkanes of at least 4 members (excludes halogenated alkanes) is 15. The van der Waals surface area contributed by atoms with Crippen molar-refractivity contribution in [2.75, 3.05) is 26.2 Å². The van der Waals surface area contributed by atoms with Crippen LogP contribution in [0, 0.1) is 5.92 Å². The molecule has 2 atom stereocenters. The van der Waals surface area contributed by atoms with Crippen LogP contribution < -0.4 is 5.32 Å². The molecule has 1 aliphatic rings. The van der Waals surface area contributed by atoms with Gasteiger partial charge >= 0.3 is 6.09 Å². The summed E-state index contributed by atoms with van der Waals surface area (Å²) in [5.74, 6) is 0.129. The summed E-state index contributed by atoms with van der Waals surface area (Å²) in [5, 5.41) is 2.96. The number of carbonyl (C=O) groups excluding carboxylic acids is 2. The van der Waals surface area contributed by atoms with Crippen molar-refractivity contribution in [1.29, 1.82) is 0 Å². The fraction of sp³-hybridized carbons (Fsp3) is 0.636. The Morgan fingerprint density at radius 3 is 1.70 bits per heavy atom. The number of benzene rings is 2. The molecule has 2 aromatic rings. The predicted octanol–water partition coefficient (Wildman–Crippen LogP) is 10.9. The van der Waals surface area contributed by atoms with Crippen LogP contribution in [0.25, 0.3) is 0 Å². The van der Waals surface area contributed by atoms with Crippen LogP contribution in [0.15, 0.2) is 72.8 Å². The Morgan fingerprint density at radius 2 is 1.18 bits per heavy atom. The lowest BCUT2D eigenvalue weighted by Crippen LogP contribution is -2.43. The number of carbonyl (C=O) groups is 2. The van der Waals surface area contributed by atoms with Gasteiger partial charge in [0.1, 0.15) is 0 Å². The Morgan fingerprint density at radius 1 is 0.680 bits per heavy atom.